The molecule has 0 aliphatic heterocycles. The van der Waals surface area contributed by atoms with Crippen LogP contribution in [0, 0.1) is 0 Å². The first-order chi connectivity index (χ1) is 14.0. The highest BCUT2D eigenvalue weighted by atomic mass is 35.5. The molecule has 0 saturated carbocycles. The third kappa shape index (κ3) is 5.61. The first-order valence-electron chi connectivity index (χ1n) is 9.60. The standard InChI is InChI=1S/C22H24ClN3O2S/c1-3-11-26(22(28)15(2)29-14-16-7-5-4-6-8-16)13-20-24-19-12-17(23)9-10-18(19)21(27)25-20/h4-10,12,15H,3,11,13-14H2,1-2H3,(H,24,25,27). The number of nitrogens with zero attached hydrogens (tertiary/aromatic N) is 2. The van der Waals surface area contributed by atoms with E-state index in [9.17, 15) is 9.59 Å². The summed E-state index contributed by atoms with van der Waals surface area (Å²) < 4.78 is 0. The van der Waals surface area contributed by atoms with Crippen molar-refractivity contribution in [1.29, 1.82) is 0 Å². The van der Waals surface area contributed by atoms with Crippen LogP contribution in [0.3, 0.4) is 0 Å². The van der Waals surface area contributed by atoms with Gasteiger partial charge >= 0.3 is 0 Å². The Balaban J connectivity index is 1.74. The zero-order valence-corrected chi connectivity index (χ0v) is 18.1. The molecule has 1 N–H and O–H groups in total. The highest BCUT2D eigenvalue weighted by Gasteiger charge is 2.21. The van der Waals surface area contributed by atoms with Gasteiger partial charge in [0.05, 0.1) is 22.7 Å². The van der Waals surface area contributed by atoms with Gasteiger partial charge in [0.2, 0.25) is 5.91 Å². The zero-order chi connectivity index (χ0) is 20.8. The van der Waals surface area contributed by atoms with Gasteiger partial charge in [-0.25, -0.2) is 4.98 Å². The van der Waals surface area contributed by atoms with E-state index < -0.39 is 0 Å². The molecule has 3 aromatic rings. The van der Waals surface area contributed by atoms with Crippen LogP contribution < -0.4 is 5.56 Å². The SMILES string of the molecule is CCCN(Cc1nc2cc(Cl)ccc2c(=O)[nH]1)C(=O)C(C)SCc1ccccc1. The number of nitrogens with one attached hydrogen (secondary N) is 1. The van der Waals surface area contributed by atoms with Gasteiger partial charge in [-0.3, -0.25) is 9.59 Å². The number of aromatic amines is 1. The lowest BCUT2D eigenvalue weighted by Gasteiger charge is -2.25. The molecule has 152 valence electrons. The van der Waals surface area contributed by atoms with Crippen LogP contribution in [0.5, 0.6) is 0 Å². The molecular weight excluding hydrogens is 406 g/mol. The van der Waals surface area contributed by atoms with Crippen molar-refractivity contribution in [3.05, 3.63) is 75.3 Å². The second kappa shape index (κ2) is 9.94. The predicted molar refractivity (Wildman–Crippen MR) is 120 cm³/mol. The number of hydrogen-bond acceptors (Lipinski definition) is 4. The summed E-state index contributed by atoms with van der Waals surface area (Å²) in [6.07, 6.45) is 0.825. The summed E-state index contributed by atoms with van der Waals surface area (Å²) >= 11 is 7.65. The molecule has 1 atom stereocenters. The van der Waals surface area contributed by atoms with Crippen LogP contribution in [-0.2, 0) is 17.1 Å². The third-order valence-corrected chi connectivity index (χ3v) is 5.99. The molecule has 29 heavy (non-hydrogen) atoms. The summed E-state index contributed by atoms with van der Waals surface area (Å²) in [6, 6.07) is 15.1. The van der Waals surface area contributed by atoms with Gasteiger partial charge in [0.15, 0.2) is 0 Å². The smallest absolute Gasteiger partial charge is 0.258 e. The Morgan fingerprint density at radius 1 is 1.24 bits per heavy atom. The van der Waals surface area contributed by atoms with E-state index in [4.69, 9.17) is 11.6 Å². The summed E-state index contributed by atoms with van der Waals surface area (Å²) in [6.45, 7) is 4.82. The molecule has 0 spiro atoms. The fourth-order valence-electron chi connectivity index (χ4n) is 3.08. The molecule has 7 heteroatoms. The largest absolute Gasteiger partial charge is 0.334 e. The van der Waals surface area contributed by atoms with E-state index in [0.717, 1.165) is 12.2 Å². The van der Waals surface area contributed by atoms with Gasteiger partial charge in [-0.1, -0.05) is 48.9 Å². The number of rotatable bonds is 8. The average Bonchev–Trinajstić information content (AvgIpc) is 2.71. The summed E-state index contributed by atoms with van der Waals surface area (Å²) in [5.74, 6) is 1.28. The number of carbonyl (C=O) groups is 1. The Morgan fingerprint density at radius 3 is 2.72 bits per heavy atom. The number of hydrogen-bond donors (Lipinski definition) is 1. The van der Waals surface area contributed by atoms with Crippen molar-refractivity contribution in [1.82, 2.24) is 14.9 Å². The second-order valence-corrected chi connectivity index (χ2v) is 8.64. The maximum atomic E-state index is 13.0. The molecule has 1 heterocycles. The molecule has 1 amide bonds. The van der Waals surface area contributed by atoms with Gasteiger partial charge < -0.3 is 9.88 Å². The van der Waals surface area contributed by atoms with Gasteiger partial charge in [-0.2, -0.15) is 0 Å². The summed E-state index contributed by atoms with van der Waals surface area (Å²) in [5, 5.41) is 0.815. The lowest BCUT2D eigenvalue weighted by molar-refractivity contribution is -0.131. The minimum absolute atomic E-state index is 0.0432. The van der Waals surface area contributed by atoms with Gasteiger partial charge in [0.1, 0.15) is 5.82 Å². The number of amides is 1. The summed E-state index contributed by atoms with van der Waals surface area (Å²) in [7, 11) is 0. The molecule has 0 radical (unpaired) electrons. The quantitative estimate of drug-likeness (QED) is 0.566. The van der Waals surface area contributed by atoms with E-state index in [1.54, 1.807) is 34.9 Å². The van der Waals surface area contributed by atoms with Crippen molar-refractivity contribution in [2.75, 3.05) is 6.54 Å². The fraction of sp³-hybridized carbons (Fsp3) is 0.318. The van der Waals surface area contributed by atoms with Crippen LogP contribution in [-0.4, -0.2) is 32.6 Å². The van der Waals surface area contributed by atoms with Crippen molar-refractivity contribution in [2.24, 2.45) is 0 Å². The van der Waals surface area contributed by atoms with Gasteiger partial charge in [-0.05, 0) is 37.1 Å². The molecule has 0 fully saturated rings. The molecule has 5 nitrogen and oxygen atoms in total. The van der Waals surface area contributed by atoms with Gasteiger partial charge in [-0.15, -0.1) is 11.8 Å². The van der Waals surface area contributed by atoms with Crippen molar-refractivity contribution in [3.8, 4) is 0 Å². The van der Waals surface area contributed by atoms with Gasteiger partial charge in [0.25, 0.3) is 5.56 Å². The Labute approximate surface area is 179 Å². The average molecular weight is 430 g/mol. The van der Waals surface area contributed by atoms with Gasteiger partial charge in [0, 0.05) is 17.3 Å². The first kappa shape index (κ1) is 21.4. The first-order valence-corrected chi connectivity index (χ1v) is 11.0. The van der Waals surface area contributed by atoms with Crippen LogP contribution in [0.2, 0.25) is 5.02 Å². The Morgan fingerprint density at radius 2 is 2.00 bits per heavy atom. The number of halogens is 1. The molecule has 1 unspecified atom stereocenters. The monoisotopic (exact) mass is 429 g/mol. The lowest BCUT2D eigenvalue weighted by Crippen LogP contribution is -2.37. The normalized spacial score (nSPS) is 12.1. The number of fused-ring (bicyclic) bond motifs is 1. The molecule has 3 rings (SSSR count). The maximum Gasteiger partial charge on any atom is 0.258 e. The highest BCUT2D eigenvalue weighted by Crippen LogP contribution is 2.20. The summed E-state index contributed by atoms with van der Waals surface area (Å²) in [4.78, 5) is 34.5. The fourth-order valence-corrected chi connectivity index (χ4v) is 4.17. The highest BCUT2D eigenvalue weighted by molar-refractivity contribution is 7.99. The predicted octanol–water partition coefficient (Wildman–Crippen LogP) is 4.64. The second-order valence-electron chi connectivity index (χ2n) is 6.87. The molecule has 0 aliphatic carbocycles. The van der Waals surface area contributed by atoms with E-state index >= 15 is 0 Å². The zero-order valence-electron chi connectivity index (χ0n) is 16.5. The van der Waals surface area contributed by atoms with Crippen LogP contribution >= 0.6 is 23.4 Å². The molecular formula is C22H24ClN3O2S. The lowest BCUT2D eigenvalue weighted by atomic mass is 10.2. The Kier molecular flexibility index (Phi) is 7.34. The van der Waals surface area contributed by atoms with Crippen molar-refractivity contribution >= 4 is 40.2 Å². The van der Waals surface area contributed by atoms with Crippen LogP contribution in [0.4, 0.5) is 0 Å². The van der Waals surface area contributed by atoms with E-state index in [-0.39, 0.29) is 23.3 Å². The number of benzene rings is 2. The Bertz CT molecular complexity index is 1040. The molecule has 0 aliphatic rings. The molecule has 0 saturated heterocycles. The van der Waals surface area contributed by atoms with Crippen molar-refractivity contribution in [2.45, 2.75) is 37.8 Å². The van der Waals surface area contributed by atoms with E-state index in [0.29, 0.717) is 28.3 Å². The molecule has 1 aromatic heterocycles. The number of aromatic nitrogens is 2. The van der Waals surface area contributed by atoms with E-state index in [1.807, 2.05) is 32.0 Å². The van der Waals surface area contributed by atoms with Crippen LogP contribution in [0.25, 0.3) is 10.9 Å². The number of thioether (sulfide) groups is 1. The maximum absolute atomic E-state index is 13.0. The van der Waals surface area contributed by atoms with E-state index in [2.05, 4.69) is 22.1 Å². The third-order valence-electron chi connectivity index (χ3n) is 4.55. The number of carbonyl (C=O) groups excluding carboxylic acids is 1. The van der Waals surface area contributed by atoms with E-state index in [1.165, 1.54) is 5.56 Å². The topological polar surface area (TPSA) is 66.1 Å². The molecule has 0 bridgehead atoms. The summed E-state index contributed by atoms with van der Waals surface area (Å²) in [5.41, 5.74) is 1.50. The minimum Gasteiger partial charge on any atom is -0.334 e. The van der Waals surface area contributed by atoms with Crippen LogP contribution in [0.1, 0.15) is 31.7 Å². The minimum atomic E-state index is -0.225. The molecule has 2 aromatic carbocycles. The number of H-pyrrole nitrogens is 1. The van der Waals surface area contributed by atoms with Crippen molar-refractivity contribution < 1.29 is 4.79 Å². The van der Waals surface area contributed by atoms with Crippen molar-refractivity contribution in [3.63, 3.8) is 0 Å². The Hall–Kier alpha value is -2.31. The van der Waals surface area contributed by atoms with Crippen LogP contribution in [0.15, 0.2) is 53.3 Å².